The van der Waals surface area contributed by atoms with Gasteiger partial charge in [-0.2, -0.15) is 0 Å². The molecule has 0 amide bonds. The second-order valence-electron chi connectivity index (χ2n) is 4.21. The summed E-state index contributed by atoms with van der Waals surface area (Å²) in [5.74, 6) is 0. The number of rotatable bonds is 2. The van der Waals surface area contributed by atoms with E-state index in [-0.39, 0.29) is 11.6 Å². The van der Waals surface area contributed by atoms with E-state index in [0.29, 0.717) is 16.1 Å². The third-order valence-electron chi connectivity index (χ3n) is 3.17. The van der Waals surface area contributed by atoms with Crippen molar-refractivity contribution in [2.45, 2.75) is 26.3 Å². The Morgan fingerprint density at radius 3 is 2.71 bits per heavy atom. The van der Waals surface area contributed by atoms with Gasteiger partial charge in [-0.15, -0.1) is 0 Å². The minimum atomic E-state index is -0.0137. The fraction of sp³-hybridized carbons (Fsp3) is 0.308. The Bertz CT molecular complexity index is 619. The van der Waals surface area contributed by atoms with Crippen LogP contribution in [0, 0.1) is 0 Å². The van der Waals surface area contributed by atoms with Crippen LogP contribution in [-0.4, -0.2) is 4.57 Å². The van der Waals surface area contributed by atoms with Crippen molar-refractivity contribution >= 4 is 28.1 Å². The first-order valence-electron chi connectivity index (χ1n) is 5.65. The van der Waals surface area contributed by atoms with Crippen molar-refractivity contribution in [3.63, 3.8) is 0 Å². The van der Waals surface area contributed by atoms with Crippen LogP contribution < -0.4 is 11.3 Å². The number of pyridine rings is 1. The number of aromatic nitrogens is 1. The monoisotopic (exact) mass is 250 g/mol. The Hall–Kier alpha value is -1.48. The number of benzene rings is 1. The topological polar surface area (TPSA) is 48.0 Å². The number of nitrogens with zero attached hydrogens (tertiary/aromatic N) is 1. The van der Waals surface area contributed by atoms with Gasteiger partial charge in [0.2, 0.25) is 0 Å². The van der Waals surface area contributed by atoms with Gasteiger partial charge in [0.05, 0.1) is 10.7 Å². The van der Waals surface area contributed by atoms with Crippen LogP contribution >= 0.6 is 11.6 Å². The predicted molar refractivity (Wildman–Crippen MR) is 72.6 cm³/mol. The number of hydrogen-bond donors (Lipinski definition) is 1. The molecule has 90 valence electrons. The van der Waals surface area contributed by atoms with E-state index >= 15 is 0 Å². The molecule has 1 aromatic heterocycles. The summed E-state index contributed by atoms with van der Waals surface area (Å²) in [6.07, 6.45) is 2.69. The van der Waals surface area contributed by atoms with Gasteiger partial charge in [-0.25, -0.2) is 0 Å². The maximum atomic E-state index is 12.3. The van der Waals surface area contributed by atoms with E-state index in [2.05, 4.69) is 6.92 Å². The van der Waals surface area contributed by atoms with Crippen LogP contribution in [0.3, 0.4) is 0 Å². The number of fused-ring (bicyclic) bond motifs is 1. The Morgan fingerprint density at radius 1 is 1.35 bits per heavy atom. The van der Waals surface area contributed by atoms with E-state index in [1.54, 1.807) is 22.9 Å². The molecule has 0 aliphatic carbocycles. The van der Waals surface area contributed by atoms with E-state index in [1.807, 2.05) is 13.0 Å². The van der Waals surface area contributed by atoms with Crippen molar-refractivity contribution in [2.24, 2.45) is 0 Å². The molecule has 0 bridgehead atoms. The minimum Gasteiger partial charge on any atom is -0.397 e. The van der Waals surface area contributed by atoms with E-state index in [1.165, 1.54) is 0 Å². The molecule has 2 rings (SSSR count). The van der Waals surface area contributed by atoms with Crippen LogP contribution in [0.4, 0.5) is 5.69 Å². The van der Waals surface area contributed by atoms with Gasteiger partial charge in [-0.1, -0.05) is 18.5 Å². The average Bonchev–Trinajstić information content (AvgIpc) is 2.33. The lowest BCUT2D eigenvalue weighted by atomic mass is 10.1. The van der Waals surface area contributed by atoms with Crippen molar-refractivity contribution in [1.29, 1.82) is 0 Å². The van der Waals surface area contributed by atoms with E-state index in [9.17, 15) is 4.79 Å². The summed E-state index contributed by atoms with van der Waals surface area (Å²) in [6.45, 7) is 4.07. The standard InChI is InChI=1S/C13H15ClN2O/c1-3-8(2)16-7-6-9-10(13(16)17)4-5-11(14)12(9)15/h4-8H,3,15H2,1-2H3/t8-/m1/s1. The number of nitrogens with two attached hydrogens (primary N) is 1. The summed E-state index contributed by atoms with van der Waals surface area (Å²) < 4.78 is 1.73. The van der Waals surface area contributed by atoms with Crippen LogP contribution in [0.2, 0.25) is 5.02 Å². The fourth-order valence-corrected chi connectivity index (χ4v) is 2.05. The van der Waals surface area contributed by atoms with E-state index in [4.69, 9.17) is 17.3 Å². The highest BCUT2D eigenvalue weighted by Gasteiger charge is 2.10. The quantitative estimate of drug-likeness (QED) is 0.832. The first-order chi connectivity index (χ1) is 8.06. The van der Waals surface area contributed by atoms with Crippen molar-refractivity contribution in [3.05, 3.63) is 39.8 Å². The van der Waals surface area contributed by atoms with Crippen LogP contribution in [0.5, 0.6) is 0 Å². The largest absolute Gasteiger partial charge is 0.397 e. The molecule has 0 radical (unpaired) electrons. The van der Waals surface area contributed by atoms with E-state index < -0.39 is 0 Å². The summed E-state index contributed by atoms with van der Waals surface area (Å²) in [4.78, 5) is 12.3. The lowest BCUT2D eigenvalue weighted by Crippen LogP contribution is -2.22. The van der Waals surface area contributed by atoms with Gasteiger partial charge in [-0.05, 0) is 31.5 Å². The van der Waals surface area contributed by atoms with Gasteiger partial charge in [-0.3, -0.25) is 4.79 Å². The molecule has 0 aliphatic heterocycles. The Balaban J connectivity index is 2.78. The molecule has 0 aliphatic rings. The van der Waals surface area contributed by atoms with Crippen molar-refractivity contribution < 1.29 is 0 Å². The van der Waals surface area contributed by atoms with Crippen LogP contribution in [0.25, 0.3) is 10.8 Å². The lowest BCUT2D eigenvalue weighted by Gasteiger charge is -2.14. The number of halogens is 1. The van der Waals surface area contributed by atoms with Crippen LogP contribution in [-0.2, 0) is 0 Å². The summed E-state index contributed by atoms with van der Waals surface area (Å²) in [6, 6.07) is 5.43. The molecule has 1 aromatic carbocycles. The molecule has 1 heterocycles. The molecule has 3 nitrogen and oxygen atoms in total. The van der Waals surface area contributed by atoms with Gasteiger partial charge < -0.3 is 10.3 Å². The zero-order chi connectivity index (χ0) is 12.6. The third kappa shape index (κ3) is 1.91. The predicted octanol–water partition coefficient (Wildman–Crippen LogP) is 3.21. The van der Waals surface area contributed by atoms with Crippen molar-refractivity contribution in [1.82, 2.24) is 4.57 Å². The number of nitrogen functional groups attached to an aromatic ring is 1. The highest BCUT2D eigenvalue weighted by molar-refractivity contribution is 6.34. The van der Waals surface area contributed by atoms with Gasteiger partial charge in [0.25, 0.3) is 5.56 Å². The van der Waals surface area contributed by atoms with E-state index in [0.717, 1.165) is 11.8 Å². The maximum Gasteiger partial charge on any atom is 0.258 e. The Kier molecular flexibility index (Phi) is 3.11. The molecule has 4 heteroatoms. The highest BCUT2D eigenvalue weighted by Crippen LogP contribution is 2.26. The van der Waals surface area contributed by atoms with Gasteiger partial charge in [0.1, 0.15) is 0 Å². The zero-order valence-electron chi connectivity index (χ0n) is 9.90. The number of hydrogen-bond acceptors (Lipinski definition) is 2. The van der Waals surface area contributed by atoms with Gasteiger partial charge in [0, 0.05) is 23.0 Å². The number of anilines is 1. The molecule has 0 saturated carbocycles. The van der Waals surface area contributed by atoms with Crippen LogP contribution in [0.15, 0.2) is 29.2 Å². The summed E-state index contributed by atoms with van der Waals surface area (Å²) in [5.41, 5.74) is 6.32. The Labute approximate surface area is 105 Å². The third-order valence-corrected chi connectivity index (χ3v) is 3.50. The smallest absolute Gasteiger partial charge is 0.258 e. The molecule has 0 saturated heterocycles. The summed E-state index contributed by atoms with van der Waals surface area (Å²) in [7, 11) is 0. The first-order valence-corrected chi connectivity index (χ1v) is 6.03. The maximum absolute atomic E-state index is 12.3. The molecule has 0 spiro atoms. The minimum absolute atomic E-state index is 0.0137. The van der Waals surface area contributed by atoms with Crippen molar-refractivity contribution in [3.8, 4) is 0 Å². The second kappa shape index (κ2) is 4.41. The molecule has 2 N–H and O–H groups in total. The molecule has 1 atom stereocenters. The molecule has 0 fully saturated rings. The summed E-state index contributed by atoms with van der Waals surface area (Å²) in [5, 5.41) is 1.83. The molecular weight excluding hydrogens is 236 g/mol. The highest BCUT2D eigenvalue weighted by atomic mass is 35.5. The SMILES string of the molecule is CC[C@@H](C)n1ccc2c(N)c(Cl)ccc2c1=O. The average molecular weight is 251 g/mol. The molecule has 2 aromatic rings. The van der Waals surface area contributed by atoms with Gasteiger partial charge >= 0.3 is 0 Å². The molecular formula is C13H15ClN2O. The first kappa shape index (κ1) is 12.0. The zero-order valence-corrected chi connectivity index (χ0v) is 10.7. The van der Waals surface area contributed by atoms with Gasteiger partial charge in [0.15, 0.2) is 0 Å². The molecule has 0 unspecified atom stereocenters. The normalized spacial score (nSPS) is 12.9. The Morgan fingerprint density at radius 2 is 2.06 bits per heavy atom. The van der Waals surface area contributed by atoms with Crippen LogP contribution in [0.1, 0.15) is 26.3 Å². The molecule has 17 heavy (non-hydrogen) atoms. The second-order valence-corrected chi connectivity index (χ2v) is 4.61. The summed E-state index contributed by atoms with van der Waals surface area (Å²) >= 11 is 5.94. The van der Waals surface area contributed by atoms with Crippen molar-refractivity contribution in [2.75, 3.05) is 5.73 Å². The lowest BCUT2D eigenvalue weighted by molar-refractivity contribution is 0.517. The fourth-order valence-electron chi connectivity index (χ4n) is 1.88.